The number of carbonyl (C=O) groups is 1. The van der Waals surface area contributed by atoms with E-state index in [4.69, 9.17) is 0 Å². The van der Waals surface area contributed by atoms with Gasteiger partial charge in [-0.05, 0) is 48.7 Å². The van der Waals surface area contributed by atoms with Crippen LogP contribution in [0.3, 0.4) is 0 Å². The molecule has 0 aliphatic carbocycles. The summed E-state index contributed by atoms with van der Waals surface area (Å²) < 4.78 is 33.3. The summed E-state index contributed by atoms with van der Waals surface area (Å²) in [6.07, 6.45) is 3.27. The Morgan fingerprint density at radius 1 is 1.03 bits per heavy atom. The van der Waals surface area contributed by atoms with E-state index in [0.29, 0.717) is 26.2 Å². The lowest BCUT2D eigenvalue weighted by molar-refractivity contribution is -0.134. The predicted molar refractivity (Wildman–Crippen MR) is 133 cm³/mol. The van der Waals surface area contributed by atoms with E-state index in [9.17, 15) is 13.2 Å². The first-order chi connectivity index (χ1) is 16.4. The van der Waals surface area contributed by atoms with Crippen molar-refractivity contribution in [3.63, 3.8) is 0 Å². The first kappa shape index (κ1) is 22.4. The lowest BCUT2D eigenvalue weighted by Gasteiger charge is -2.37. The largest absolute Gasteiger partial charge is 0.368 e. The summed E-state index contributed by atoms with van der Waals surface area (Å²) in [5.74, 6) is 0.102. The number of amides is 1. The van der Waals surface area contributed by atoms with E-state index in [1.807, 2.05) is 52.9 Å². The van der Waals surface area contributed by atoms with Gasteiger partial charge in [-0.3, -0.25) is 9.52 Å². The molecular formula is C23H24N6O3S2. The van der Waals surface area contributed by atoms with Crippen LogP contribution in [0, 0.1) is 0 Å². The molecule has 0 unspecified atom stereocenters. The Morgan fingerprint density at radius 2 is 1.76 bits per heavy atom. The number of fused-ring (bicyclic) bond motifs is 1. The summed E-state index contributed by atoms with van der Waals surface area (Å²) in [5.41, 5.74) is 1.98. The van der Waals surface area contributed by atoms with Gasteiger partial charge in [-0.1, -0.05) is 18.2 Å². The molecule has 0 saturated carbocycles. The average molecular weight is 497 g/mol. The number of nitrogens with zero attached hydrogens (tertiary/aromatic N) is 5. The molecule has 2 aromatic heterocycles. The molecule has 1 aliphatic heterocycles. The molecule has 1 amide bonds. The maximum atomic E-state index is 13.2. The molecule has 1 N–H and O–H groups in total. The van der Waals surface area contributed by atoms with Crippen LogP contribution < -0.4 is 9.62 Å². The van der Waals surface area contributed by atoms with E-state index < -0.39 is 10.0 Å². The van der Waals surface area contributed by atoms with Crippen molar-refractivity contribution in [3.05, 3.63) is 67.1 Å². The minimum Gasteiger partial charge on any atom is -0.368 e. The molecule has 11 heteroatoms. The Balaban J connectivity index is 1.21. The number of hydrogen-bond acceptors (Lipinski definition) is 7. The van der Waals surface area contributed by atoms with Gasteiger partial charge >= 0.3 is 0 Å². The van der Waals surface area contributed by atoms with Gasteiger partial charge in [0.1, 0.15) is 12.4 Å². The van der Waals surface area contributed by atoms with Gasteiger partial charge in [0.05, 0.1) is 4.90 Å². The maximum Gasteiger partial charge on any atom is 0.263 e. The molecule has 0 radical (unpaired) electrons. The van der Waals surface area contributed by atoms with Gasteiger partial charge in [0.2, 0.25) is 11.0 Å². The van der Waals surface area contributed by atoms with Gasteiger partial charge in [-0.15, -0.1) is 0 Å². The molecule has 176 valence electrons. The molecule has 0 bridgehead atoms. The minimum atomic E-state index is -3.71. The number of benzene rings is 2. The van der Waals surface area contributed by atoms with Crippen molar-refractivity contribution in [2.45, 2.75) is 17.9 Å². The molecule has 1 saturated heterocycles. The number of nitrogens with one attached hydrogen (secondary N) is 1. The van der Waals surface area contributed by atoms with Crippen molar-refractivity contribution in [2.75, 3.05) is 35.8 Å². The molecule has 34 heavy (non-hydrogen) atoms. The van der Waals surface area contributed by atoms with Crippen LogP contribution in [0.15, 0.2) is 72.0 Å². The Kier molecular flexibility index (Phi) is 5.96. The molecule has 1 fully saturated rings. The molecule has 5 rings (SSSR count). The third kappa shape index (κ3) is 4.36. The zero-order valence-electron chi connectivity index (χ0n) is 18.5. The van der Waals surface area contributed by atoms with Gasteiger partial charge in [-0.2, -0.15) is 4.37 Å². The standard InChI is InChI=1S/C23H24N6O3S2/c1-17(29-11-10-18-4-2-3-5-21(18)29)22(30)28-14-12-27(13-15-28)19-6-8-20(9-7-19)34(31,32)26-23-24-16-25-33-23/h2-11,16-17H,12-15H2,1H3,(H,24,25,26)/t17-/m1/s1. The van der Waals surface area contributed by atoms with Crippen molar-refractivity contribution in [1.29, 1.82) is 0 Å². The molecule has 3 heterocycles. The second-order valence-corrected chi connectivity index (χ2v) is 10.6. The number of sulfonamides is 1. The summed E-state index contributed by atoms with van der Waals surface area (Å²) in [6.45, 7) is 4.53. The second-order valence-electron chi connectivity index (χ2n) is 8.12. The van der Waals surface area contributed by atoms with Crippen molar-refractivity contribution in [1.82, 2.24) is 18.8 Å². The SMILES string of the molecule is C[C@H](C(=O)N1CCN(c2ccc(S(=O)(=O)Nc3ncns3)cc2)CC1)n1ccc2ccccc21. The van der Waals surface area contributed by atoms with Crippen molar-refractivity contribution >= 4 is 49.2 Å². The third-order valence-corrected chi connectivity index (χ3v) is 8.15. The molecule has 2 aromatic carbocycles. The minimum absolute atomic E-state index is 0.102. The van der Waals surface area contributed by atoms with Gasteiger partial charge in [0.25, 0.3) is 10.0 Å². The summed E-state index contributed by atoms with van der Waals surface area (Å²) in [5, 5.41) is 1.35. The maximum absolute atomic E-state index is 13.2. The smallest absolute Gasteiger partial charge is 0.263 e. The third-order valence-electron chi connectivity index (χ3n) is 6.09. The van der Waals surface area contributed by atoms with Crippen molar-refractivity contribution in [2.24, 2.45) is 0 Å². The number of aromatic nitrogens is 3. The van der Waals surface area contributed by atoms with Gasteiger partial charge in [0.15, 0.2) is 0 Å². The Morgan fingerprint density at radius 3 is 2.47 bits per heavy atom. The summed E-state index contributed by atoms with van der Waals surface area (Å²) >= 11 is 0.981. The van der Waals surface area contributed by atoms with E-state index in [-0.39, 0.29) is 22.0 Å². The summed E-state index contributed by atoms with van der Waals surface area (Å²) in [6, 6.07) is 16.6. The summed E-state index contributed by atoms with van der Waals surface area (Å²) in [4.78, 5) is 21.3. The van der Waals surface area contributed by atoms with Gasteiger partial charge in [-0.25, -0.2) is 13.4 Å². The van der Waals surface area contributed by atoms with Crippen LogP contribution in [0.1, 0.15) is 13.0 Å². The molecule has 0 spiro atoms. The normalized spacial score (nSPS) is 15.4. The monoisotopic (exact) mass is 496 g/mol. The summed E-state index contributed by atoms with van der Waals surface area (Å²) in [7, 11) is -3.71. The lowest BCUT2D eigenvalue weighted by atomic mass is 10.2. The fraction of sp³-hybridized carbons (Fsp3) is 0.261. The highest BCUT2D eigenvalue weighted by Gasteiger charge is 2.26. The van der Waals surface area contributed by atoms with Crippen molar-refractivity contribution in [3.8, 4) is 0 Å². The quantitative estimate of drug-likeness (QED) is 0.440. The molecule has 1 atom stereocenters. The molecule has 9 nitrogen and oxygen atoms in total. The van der Waals surface area contributed by atoms with E-state index in [2.05, 4.69) is 19.0 Å². The highest BCUT2D eigenvalue weighted by molar-refractivity contribution is 7.93. The lowest BCUT2D eigenvalue weighted by Crippen LogP contribution is -2.50. The zero-order chi connectivity index (χ0) is 23.7. The van der Waals surface area contributed by atoms with Crippen LogP contribution in [0.4, 0.5) is 10.8 Å². The Bertz CT molecular complexity index is 1390. The number of carbonyl (C=O) groups excluding carboxylic acids is 1. The number of piperazine rings is 1. The van der Waals surface area contributed by atoms with E-state index in [1.165, 1.54) is 6.33 Å². The van der Waals surface area contributed by atoms with Crippen LogP contribution in [0.5, 0.6) is 0 Å². The fourth-order valence-electron chi connectivity index (χ4n) is 4.24. The Labute approximate surface area is 201 Å². The highest BCUT2D eigenvalue weighted by atomic mass is 32.2. The van der Waals surface area contributed by atoms with Crippen LogP contribution in [-0.4, -0.2) is 59.3 Å². The first-order valence-electron chi connectivity index (χ1n) is 10.9. The van der Waals surface area contributed by atoms with Crippen molar-refractivity contribution < 1.29 is 13.2 Å². The average Bonchev–Trinajstić information content (AvgIpc) is 3.53. The highest BCUT2D eigenvalue weighted by Crippen LogP contribution is 2.24. The van der Waals surface area contributed by atoms with Crippen LogP contribution >= 0.6 is 11.5 Å². The van der Waals surface area contributed by atoms with Gasteiger partial charge in [0, 0.05) is 55.1 Å². The predicted octanol–water partition coefficient (Wildman–Crippen LogP) is 3.20. The van der Waals surface area contributed by atoms with Crippen LogP contribution in [-0.2, 0) is 14.8 Å². The fourth-order valence-corrected chi connectivity index (χ4v) is 5.90. The first-order valence-corrected chi connectivity index (χ1v) is 13.2. The second kappa shape index (κ2) is 9.07. The molecule has 4 aromatic rings. The number of anilines is 2. The Hall–Kier alpha value is -3.44. The van der Waals surface area contributed by atoms with Gasteiger partial charge < -0.3 is 14.4 Å². The van der Waals surface area contributed by atoms with E-state index in [0.717, 1.165) is 28.1 Å². The van der Waals surface area contributed by atoms with Crippen LogP contribution in [0.2, 0.25) is 0 Å². The van der Waals surface area contributed by atoms with Crippen LogP contribution in [0.25, 0.3) is 10.9 Å². The zero-order valence-corrected chi connectivity index (χ0v) is 20.2. The number of rotatable bonds is 6. The van der Waals surface area contributed by atoms with E-state index in [1.54, 1.807) is 24.3 Å². The molecular weight excluding hydrogens is 472 g/mol. The molecule has 1 aliphatic rings. The van der Waals surface area contributed by atoms with E-state index >= 15 is 0 Å². The number of hydrogen-bond donors (Lipinski definition) is 1. The topological polar surface area (TPSA) is 100 Å². The number of para-hydroxylation sites is 1.